The standard InChI is InChI=1S/C14H22BrNO3S/c1-3-12(4-2)14(17)10-16-20(18,19)13-7-5-11(9-15)6-8-13/h5-8,12,14,16-17H,3-4,9-10H2,1-2H3. The number of nitrogens with one attached hydrogen (secondary N) is 1. The van der Waals surface area contributed by atoms with E-state index in [2.05, 4.69) is 20.7 Å². The van der Waals surface area contributed by atoms with Gasteiger partial charge in [0.15, 0.2) is 0 Å². The Labute approximate surface area is 129 Å². The van der Waals surface area contributed by atoms with Crippen LogP contribution in [-0.4, -0.2) is 26.2 Å². The van der Waals surface area contributed by atoms with Gasteiger partial charge >= 0.3 is 0 Å². The van der Waals surface area contributed by atoms with E-state index in [1.165, 1.54) is 0 Å². The van der Waals surface area contributed by atoms with Crippen LogP contribution < -0.4 is 4.72 Å². The van der Waals surface area contributed by atoms with Gasteiger partial charge in [0.05, 0.1) is 11.0 Å². The number of halogens is 1. The van der Waals surface area contributed by atoms with Gasteiger partial charge in [-0.05, 0) is 23.6 Å². The van der Waals surface area contributed by atoms with E-state index in [1.54, 1.807) is 24.3 Å². The van der Waals surface area contributed by atoms with Gasteiger partial charge in [0.2, 0.25) is 10.0 Å². The molecule has 1 aromatic rings. The van der Waals surface area contributed by atoms with Gasteiger partial charge < -0.3 is 5.11 Å². The summed E-state index contributed by atoms with van der Waals surface area (Å²) in [5.41, 5.74) is 1.01. The number of benzene rings is 1. The van der Waals surface area contributed by atoms with Crippen LogP contribution in [0.25, 0.3) is 0 Å². The monoisotopic (exact) mass is 363 g/mol. The van der Waals surface area contributed by atoms with Crippen molar-refractivity contribution in [2.75, 3.05) is 6.54 Å². The molecule has 0 aromatic heterocycles. The molecule has 0 radical (unpaired) electrons. The molecule has 0 fully saturated rings. The van der Waals surface area contributed by atoms with Crippen molar-refractivity contribution in [3.05, 3.63) is 29.8 Å². The van der Waals surface area contributed by atoms with E-state index in [1.807, 2.05) is 13.8 Å². The Kier molecular flexibility index (Phi) is 7.15. The molecular formula is C14H22BrNO3S. The van der Waals surface area contributed by atoms with E-state index in [9.17, 15) is 13.5 Å². The molecule has 0 amide bonds. The Morgan fingerprint density at radius 3 is 2.20 bits per heavy atom. The third kappa shape index (κ3) is 4.84. The molecule has 114 valence electrons. The fraction of sp³-hybridized carbons (Fsp3) is 0.571. The maximum atomic E-state index is 12.1. The minimum absolute atomic E-state index is 0.0505. The molecule has 4 nitrogen and oxygen atoms in total. The summed E-state index contributed by atoms with van der Waals surface area (Å²) in [5.74, 6) is 0.119. The molecule has 0 heterocycles. The van der Waals surface area contributed by atoms with Gasteiger partial charge in [0.25, 0.3) is 0 Å². The largest absolute Gasteiger partial charge is 0.391 e. The highest BCUT2D eigenvalue weighted by atomic mass is 79.9. The molecular weight excluding hydrogens is 342 g/mol. The Bertz CT molecular complexity index is 498. The Hall–Kier alpha value is -0.430. The number of sulfonamides is 1. The SMILES string of the molecule is CCC(CC)C(O)CNS(=O)(=O)c1ccc(CBr)cc1. The predicted octanol–water partition coefficient (Wildman–Crippen LogP) is 2.66. The first-order valence-electron chi connectivity index (χ1n) is 6.77. The third-order valence-corrected chi connectivity index (χ3v) is 5.55. The molecule has 0 bridgehead atoms. The second kappa shape index (κ2) is 8.12. The van der Waals surface area contributed by atoms with Crippen molar-refractivity contribution < 1.29 is 13.5 Å². The lowest BCUT2D eigenvalue weighted by atomic mass is 9.97. The van der Waals surface area contributed by atoms with Gasteiger partial charge in [-0.1, -0.05) is 54.8 Å². The molecule has 0 spiro atoms. The zero-order valence-electron chi connectivity index (χ0n) is 11.8. The number of rotatable bonds is 8. The first-order valence-corrected chi connectivity index (χ1v) is 9.37. The van der Waals surface area contributed by atoms with E-state index in [0.717, 1.165) is 18.4 Å². The molecule has 1 unspecified atom stereocenters. The number of alkyl halides is 1. The number of hydrogen-bond acceptors (Lipinski definition) is 3. The smallest absolute Gasteiger partial charge is 0.240 e. The normalized spacial score (nSPS) is 13.7. The highest BCUT2D eigenvalue weighted by Crippen LogP contribution is 2.15. The molecule has 2 N–H and O–H groups in total. The number of aliphatic hydroxyl groups excluding tert-OH is 1. The van der Waals surface area contributed by atoms with E-state index in [-0.39, 0.29) is 17.4 Å². The second-order valence-corrected chi connectivity index (χ2v) is 7.10. The molecule has 0 aliphatic carbocycles. The average Bonchev–Trinajstić information content (AvgIpc) is 2.46. The van der Waals surface area contributed by atoms with Crippen LogP contribution in [0, 0.1) is 5.92 Å². The Morgan fingerprint density at radius 2 is 1.75 bits per heavy atom. The summed E-state index contributed by atoms with van der Waals surface area (Å²) in [6.45, 7) is 4.03. The maximum absolute atomic E-state index is 12.1. The minimum atomic E-state index is -3.56. The number of hydrogen-bond donors (Lipinski definition) is 2. The lowest BCUT2D eigenvalue weighted by Crippen LogP contribution is -2.36. The van der Waals surface area contributed by atoms with Gasteiger partial charge in [-0.15, -0.1) is 0 Å². The molecule has 1 aromatic carbocycles. The fourth-order valence-corrected chi connectivity index (χ4v) is 3.46. The molecule has 0 saturated heterocycles. The summed E-state index contributed by atoms with van der Waals surface area (Å²) < 4.78 is 26.7. The van der Waals surface area contributed by atoms with Crippen molar-refractivity contribution >= 4 is 26.0 Å². The summed E-state index contributed by atoms with van der Waals surface area (Å²) in [6, 6.07) is 6.67. The first kappa shape index (κ1) is 17.6. The van der Waals surface area contributed by atoms with Crippen LogP contribution in [0.4, 0.5) is 0 Å². The Balaban J connectivity index is 2.69. The lowest BCUT2D eigenvalue weighted by molar-refractivity contribution is 0.107. The maximum Gasteiger partial charge on any atom is 0.240 e. The van der Waals surface area contributed by atoms with Crippen molar-refractivity contribution in [3.8, 4) is 0 Å². The topological polar surface area (TPSA) is 66.4 Å². The summed E-state index contributed by atoms with van der Waals surface area (Å²) >= 11 is 3.32. The van der Waals surface area contributed by atoms with Crippen LogP contribution in [0.2, 0.25) is 0 Å². The summed E-state index contributed by atoms with van der Waals surface area (Å²) in [7, 11) is -3.56. The van der Waals surface area contributed by atoms with Crippen LogP contribution in [0.15, 0.2) is 29.2 Å². The van der Waals surface area contributed by atoms with Crippen LogP contribution in [0.5, 0.6) is 0 Å². The minimum Gasteiger partial charge on any atom is -0.391 e. The van der Waals surface area contributed by atoms with Crippen LogP contribution >= 0.6 is 15.9 Å². The summed E-state index contributed by atoms with van der Waals surface area (Å²) in [6.07, 6.45) is 1.01. The first-order chi connectivity index (χ1) is 9.44. The number of aliphatic hydroxyl groups is 1. The van der Waals surface area contributed by atoms with Gasteiger partial charge in [0.1, 0.15) is 0 Å². The van der Waals surface area contributed by atoms with E-state index >= 15 is 0 Å². The van der Waals surface area contributed by atoms with Crippen molar-refractivity contribution in [1.29, 1.82) is 0 Å². The van der Waals surface area contributed by atoms with Crippen molar-refractivity contribution in [2.24, 2.45) is 5.92 Å². The summed E-state index contributed by atoms with van der Waals surface area (Å²) in [4.78, 5) is 0.221. The molecule has 20 heavy (non-hydrogen) atoms. The van der Waals surface area contributed by atoms with Gasteiger partial charge in [-0.25, -0.2) is 13.1 Å². The van der Waals surface area contributed by atoms with Gasteiger partial charge in [-0.2, -0.15) is 0 Å². The highest BCUT2D eigenvalue weighted by Gasteiger charge is 2.19. The molecule has 1 rings (SSSR count). The molecule has 0 aliphatic heterocycles. The highest BCUT2D eigenvalue weighted by molar-refractivity contribution is 9.08. The third-order valence-electron chi connectivity index (χ3n) is 3.46. The molecule has 6 heteroatoms. The van der Waals surface area contributed by atoms with Crippen molar-refractivity contribution in [2.45, 2.75) is 43.0 Å². The zero-order valence-corrected chi connectivity index (χ0v) is 14.2. The quantitative estimate of drug-likeness (QED) is 0.697. The molecule has 1 atom stereocenters. The van der Waals surface area contributed by atoms with Crippen LogP contribution in [0.3, 0.4) is 0 Å². The van der Waals surface area contributed by atoms with Crippen LogP contribution in [0.1, 0.15) is 32.3 Å². The summed E-state index contributed by atoms with van der Waals surface area (Å²) in [5, 5.41) is 10.7. The molecule has 0 aliphatic rings. The Morgan fingerprint density at radius 1 is 1.20 bits per heavy atom. The van der Waals surface area contributed by atoms with Crippen LogP contribution in [-0.2, 0) is 15.4 Å². The second-order valence-electron chi connectivity index (χ2n) is 4.77. The van der Waals surface area contributed by atoms with Gasteiger partial charge in [0, 0.05) is 11.9 Å². The van der Waals surface area contributed by atoms with Gasteiger partial charge in [-0.3, -0.25) is 0 Å². The fourth-order valence-electron chi connectivity index (χ4n) is 2.04. The van der Waals surface area contributed by atoms with Crippen molar-refractivity contribution in [3.63, 3.8) is 0 Å². The van der Waals surface area contributed by atoms with Crippen molar-refractivity contribution in [1.82, 2.24) is 4.72 Å². The van der Waals surface area contributed by atoms with E-state index in [4.69, 9.17) is 0 Å². The lowest BCUT2D eigenvalue weighted by Gasteiger charge is -2.20. The zero-order chi connectivity index (χ0) is 15.2. The van der Waals surface area contributed by atoms with E-state index < -0.39 is 16.1 Å². The van der Waals surface area contributed by atoms with E-state index in [0.29, 0.717) is 5.33 Å². The average molecular weight is 364 g/mol. The molecule has 0 saturated carbocycles. The predicted molar refractivity (Wildman–Crippen MR) is 84.3 cm³/mol.